The number of phosphoric ester groups is 1. The van der Waals surface area contributed by atoms with Gasteiger partial charge in [0.05, 0.1) is 6.33 Å². The van der Waals surface area contributed by atoms with Crippen molar-refractivity contribution in [1.82, 2.24) is 19.5 Å². The molecule has 0 saturated carbocycles. The van der Waals surface area contributed by atoms with E-state index in [1.165, 1.54) is 6.92 Å². The molecule has 0 aliphatic carbocycles. The third kappa shape index (κ3) is 5.52. The smallest absolute Gasteiger partial charge is 0.384 e. The first-order chi connectivity index (χ1) is 15.3. The molecule has 18 nitrogen and oxygen atoms in total. The van der Waals surface area contributed by atoms with Gasteiger partial charge in [-0.3, -0.25) is 13.9 Å². The lowest BCUT2D eigenvalue weighted by atomic mass is 9.95. The number of fused-ring (bicyclic) bond motifs is 1. The molecule has 0 spiro atoms. The van der Waals surface area contributed by atoms with Crippen molar-refractivity contribution < 1.29 is 65.8 Å². The molecule has 6 atom stereocenters. The molecule has 22 heteroatoms. The largest absolute Gasteiger partial charge is 0.490 e. The van der Waals surface area contributed by atoms with Crippen LogP contribution in [0.15, 0.2) is 11.1 Å². The molecular formula is C12H18FN4O14P3. The summed E-state index contributed by atoms with van der Waals surface area (Å²) in [6.07, 6.45) is -3.36. The maximum Gasteiger partial charge on any atom is 0.490 e. The quantitative estimate of drug-likeness (QED) is 0.194. The Kier molecular flexibility index (Phi) is 6.87. The third-order valence-electron chi connectivity index (χ3n) is 4.41. The number of nitrogens with zero attached hydrogens (tertiary/aromatic N) is 3. The van der Waals surface area contributed by atoms with Gasteiger partial charge >= 0.3 is 23.5 Å². The van der Waals surface area contributed by atoms with Crippen LogP contribution in [-0.4, -0.2) is 73.5 Å². The van der Waals surface area contributed by atoms with Gasteiger partial charge < -0.3 is 39.5 Å². The van der Waals surface area contributed by atoms with Crippen LogP contribution in [-0.2, 0) is 31.6 Å². The molecule has 34 heavy (non-hydrogen) atoms. The Morgan fingerprint density at radius 2 is 1.85 bits per heavy atom. The second-order valence-corrected chi connectivity index (χ2v) is 11.6. The molecule has 3 rings (SSSR count). The standard InChI is InChI=1S/C12H18FN4O14P3/c1-5-15-7-6(8(18)16-5)14-4-17(7)10-11(2,20)9(19)12(13,29-10)3-28-33(24,25)31-34(26,27)30-32(21,22)23/h4,9-10,19-20H,3H2,1-2H3,(H,24,25)(H,26,27)(H,15,16,18)(H2,21,22,23)/t9-,10+,11+,12+/m0/s1. The number of imidazole rings is 1. The number of nitrogens with one attached hydrogen (secondary N) is 1. The van der Waals surface area contributed by atoms with Crippen LogP contribution >= 0.6 is 23.5 Å². The van der Waals surface area contributed by atoms with Gasteiger partial charge in [0.2, 0.25) is 0 Å². The highest BCUT2D eigenvalue weighted by atomic mass is 31.3. The first-order valence-corrected chi connectivity index (χ1v) is 13.3. The van der Waals surface area contributed by atoms with Crippen LogP contribution < -0.4 is 5.56 Å². The Morgan fingerprint density at radius 1 is 1.24 bits per heavy atom. The monoisotopic (exact) mass is 554 g/mol. The summed E-state index contributed by atoms with van der Waals surface area (Å²) in [4.78, 5) is 57.8. The predicted molar refractivity (Wildman–Crippen MR) is 103 cm³/mol. The van der Waals surface area contributed by atoms with Crippen LogP contribution in [0.1, 0.15) is 19.0 Å². The van der Waals surface area contributed by atoms with Gasteiger partial charge in [0.15, 0.2) is 17.4 Å². The number of hydrogen-bond donors (Lipinski definition) is 7. The SMILES string of the molecule is Cc1nc2c(ncn2[C@@H]2O[C@](F)(COP(=O)(O)OP(=O)(O)OP(=O)(O)O)[C@@H](O)[C@@]2(C)O)c(=O)[nH]1. The van der Waals surface area contributed by atoms with E-state index in [2.05, 4.69) is 28.1 Å². The van der Waals surface area contributed by atoms with Gasteiger partial charge in [-0.15, -0.1) is 0 Å². The van der Waals surface area contributed by atoms with E-state index in [-0.39, 0.29) is 17.0 Å². The summed E-state index contributed by atoms with van der Waals surface area (Å²) in [5.41, 5.74) is -3.54. The van der Waals surface area contributed by atoms with Gasteiger partial charge in [-0.1, -0.05) is 0 Å². The fraction of sp³-hybridized carbons (Fsp3) is 0.583. The molecule has 2 aromatic heterocycles. The molecule has 0 radical (unpaired) electrons. The minimum Gasteiger partial charge on any atom is -0.384 e. The number of aromatic amines is 1. The van der Waals surface area contributed by atoms with Crippen molar-refractivity contribution in [3.8, 4) is 0 Å². The third-order valence-corrected chi connectivity index (χ3v) is 8.20. The number of phosphoric acid groups is 3. The average Bonchev–Trinajstić information content (AvgIpc) is 3.11. The Bertz CT molecular complexity index is 1310. The molecule has 3 heterocycles. The van der Waals surface area contributed by atoms with Gasteiger partial charge in [0.25, 0.3) is 11.4 Å². The molecular weight excluding hydrogens is 536 g/mol. The van der Waals surface area contributed by atoms with E-state index < -0.39 is 59.4 Å². The topological polar surface area (TPSA) is 273 Å². The van der Waals surface area contributed by atoms with Crippen molar-refractivity contribution in [3.05, 3.63) is 22.5 Å². The lowest BCUT2D eigenvalue weighted by molar-refractivity contribution is -0.203. The van der Waals surface area contributed by atoms with E-state index in [1.807, 2.05) is 0 Å². The number of H-pyrrole nitrogens is 1. The summed E-state index contributed by atoms with van der Waals surface area (Å²) in [6, 6.07) is 0. The van der Waals surface area contributed by atoms with Gasteiger partial charge in [0, 0.05) is 0 Å². The summed E-state index contributed by atoms with van der Waals surface area (Å²) in [5.74, 6) is -3.34. The number of alkyl halides is 1. The Morgan fingerprint density at radius 3 is 2.44 bits per heavy atom. The second-order valence-electron chi connectivity index (χ2n) is 7.22. The van der Waals surface area contributed by atoms with E-state index in [9.17, 15) is 33.6 Å². The number of rotatable bonds is 8. The minimum atomic E-state index is -5.88. The van der Waals surface area contributed by atoms with Crippen LogP contribution in [0.5, 0.6) is 0 Å². The van der Waals surface area contributed by atoms with Gasteiger partial charge in [-0.2, -0.15) is 8.62 Å². The molecule has 0 bridgehead atoms. The number of aromatic nitrogens is 4. The highest BCUT2D eigenvalue weighted by Crippen LogP contribution is 2.66. The van der Waals surface area contributed by atoms with Crippen molar-refractivity contribution >= 4 is 34.6 Å². The zero-order valence-corrected chi connectivity index (χ0v) is 19.6. The fourth-order valence-corrected chi connectivity index (χ4v) is 6.11. The molecule has 192 valence electrons. The van der Waals surface area contributed by atoms with E-state index in [0.29, 0.717) is 0 Å². The van der Waals surface area contributed by atoms with E-state index in [0.717, 1.165) is 17.8 Å². The van der Waals surface area contributed by atoms with Crippen LogP contribution in [0, 0.1) is 6.92 Å². The molecule has 1 aliphatic rings. The van der Waals surface area contributed by atoms with E-state index >= 15 is 4.39 Å². The van der Waals surface area contributed by atoms with Crippen molar-refractivity contribution in [2.75, 3.05) is 6.61 Å². The lowest BCUT2D eigenvalue weighted by Gasteiger charge is -2.27. The summed E-state index contributed by atoms with van der Waals surface area (Å²) in [6.45, 7) is 0.632. The molecule has 7 N–H and O–H groups in total. The highest BCUT2D eigenvalue weighted by molar-refractivity contribution is 7.66. The molecule has 2 aromatic rings. The first-order valence-electron chi connectivity index (χ1n) is 8.75. The number of hydrogen-bond acceptors (Lipinski definition) is 12. The van der Waals surface area contributed by atoms with Crippen molar-refractivity contribution in [2.45, 2.75) is 37.6 Å². The van der Waals surface area contributed by atoms with Crippen molar-refractivity contribution in [2.24, 2.45) is 0 Å². The van der Waals surface area contributed by atoms with Crippen LogP contribution in [0.2, 0.25) is 0 Å². The average molecular weight is 554 g/mol. The summed E-state index contributed by atoms with van der Waals surface area (Å²) >= 11 is 0. The Hall–Kier alpha value is -1.43. The number of ether oxygens (including phenoxy) is 1. The lowest BCUT2D eigenvalue weighted by Crippen LogP contribution is -2.49. The fourth-order valence-electron chi connectivity index (χ4n) is 3.07. The van der Waals surface area contributed by atoms with E-state index in [1.54, 1.807) is 0 Å². The second kappa shape index (κ2) is 8.60. The molecule has 0 amide bonds. The molecule has 1 aliphatic heterocycles. The summed E-state index contributed by atoms with van der Waals surface area (Å²) in [5, 5.41) is 21.0. The van der Waals surface area contributed by atoms with Crippen LogP contribution in [0.4, 0.5) is 4.39 Å². The van der Waals surface area contributed by atoms with Crippen LogP contribution in [0.25, 0.3) is 11.2 Å². The Labute approximate surface area is 187 Å². The maximum absolute atomic E-state index is 15.4. The normalized spacial score (nSPS) is 31.4. The number of halogens is 1. The maximum atomic E-state index is 15.4. The molecule has 0 aromatic carbocycles. The molecule has 2 unspecified atom stereocenters. The van der Waals surface area contributed by atoms with Gasteiger partial charge in [0.1, 0.15) is 24.1 Å². The Balaban J connectivity index is 1.84. The highest BCUT2D eigenvalue weighted by Gasteiger charge is 2.64. The number of aliphatic hydroxyl groups is 2. The van der Waals surface area contributed by atoms with Crippen molar-refractivity contribution in [3.63, 3.8) is 0 Å². The molecule has 1 saturated heterocycles. The zero-order chi connectivity index (χ0) is 25.9. The minimum absolute atomic E-state index is 0.122. The summed E-state index contributed by atoms with van der Waals surface area (Å²) in [7, 11) is -17.3. The first kappa shape index (κ1) is 27.2. The summed E-state index contributed by atoms with van der Waals surface area (Å²) < 4.78 is 66.3. The van der Waals surface area contributed by atoms with Crippen molar-refractivity contribution in [1.29, 1.82) is 0 Å². The predicted octanol–water partition coefficient (Wildman–Crippen LogP) is -0.922. The van der Waals surface area contributed by atoms with Crippen LogP contribution in [0.3, 0.4) is 0 Å². The zero-order valence-electron chi connectivity index (χ0n) is 16.9. The van der Waals surface area contributed by atoms with Gasteiger partial charge in [-0.25, -0.2) is 28.1 Å². The number of aliphatic hydroxyl groups excluding tert-OH is 1. The van der Waals surface area contributed by atoms with E-state index in [4.69, 9.17) is 19.4 Å². The molecule has 1 fully saturated rings. The van der Waals surface area contributed by atoms with Gasteiger partial charge in [-0.05, 0) is 13.8 Å². The number of aryl methyl sites for hydroxylation is 1.